The fourth-order valence-corrected chi connectivity index (χ4v) is 3.02. The molecule has 0 radical (unpaired) electrons. The Morgan fingerprint density at radius 1 is 1.38 bits per heavy atom. The van der Waals surface area contributed by atoms with Crippen LogP contribution in [0.2, 0.25) is 0 Å². The van der Waals surface area contributed by atoms with Crippen molar-refractivity contribution in [3.05, 3.63) is 35.4 Å². The highest BCUT2D eigenvalue weighted by Crippen LogP contribution is 2.24. The molecule has 1 aromatic rings. The number of rotatable bonds is 3. The van der Waals surface area contributed by atoms with Gasteiger partial charge in [-0.3, -0.25) is 15.0 Å². The molecule has 1 saturated heterocycles. The van der Waals surface area contributed by atoms with Crippen LogP contribution in [0.4, 0.5) is 0 Å². The van der Waals surface area contributed by atoms with Gasteiger partial charge in [0.25, 0.3) is 11.8 Å². The summed E-state index contributed by atoms with van der Waals surface area (Å²) in [4.78, 5) is 25.7. The largest absolute Gasteiger partial charge is 0.363 e. The lowest BCUT2D eigenvalue weighted by Gasteiger charge is -2.30. The van der Waals surface area contributed by atoms with E-state index in [1.165, 1.54) is 0 Å². The van der Waals surface area contributed by atoms with Crippen molar-refractivity contribution < 1.29 is 14.3 Å². The number of ether oxygens (including phenoxy) is 1. The van der Waals surface area contributed by atoms with Gasteiger partial charge in [0.1, 0.15) is 6.10 Å². The van der Waals surface area contributed by atoms with Crippen molar-refractivity contribution in [3.8, 4) is 0 Å². The highest BCUT2D eigenvalue weighted by atomic mass is 16.5. The third kappa shape index (κ3) is 2.77. The van der Waals surface area contributed by atoms with Gasteiger partial charge in [0.15, 0.2) is 0 Å². The molecule has 1 aromatic carbocycles. The minimum absolute atomic E-state index is 0.0483. The van der Waals surface area contributed by atoms with Crippen molar-refractivity contribution in [2.75, 3.05) is 13.1 Å². The molecule has 3 N–H and O–H groups in total. The summed E-state index contributed by atoms with van der Waals surface area (Å²) >= 11 is 0. The van der Waals surface area contributed by atoms with E-state index in [4.69, 9.17) is 10.6 Å². The number of benzene rings is 1. The number of hydrogen-bond donors (Lipinski definition) is 2. The number of nitrogens with zero attached hydrogens (tertiary/aromatic N) is 1. The Morgan fingerprint density at radius 2 is 2.19 bits per heavy atom. The maximum absolute atomic E-state index is 12.4. The summed E-state index contributed by atoms with van der Waals surface area (Å²) in [5.41, 5.74) is 3.99. The van der Waals surface area contributed by atoms with Gasteiger partial charge in [0, 0.05) is 18.7 Å². The molecule has 21 heavy (non-hydrogen) atoms. The van der Waals surface area contributed by atoms with E-state index in [1.807, 2.05) is 29.2 Å². The van der Waals surface area contributed by atoms with Crippen molar-refractivity contribution in [3.63, 3.8) is 0 Å². The molecular weight excluding hydrogens is 270 g/mol. The first-order valence-electron chi connectivity index (χ1n) is 7.22. The van der Waals surface area contributed by atoms with Crippen LogP contribution in [0.1, 0.15) is 28.8 Å². The zero-order chi connectivity index (χ0) is 14.8. The number of carbonyl (C=O) groups is 2. The first kappa shape index (κ1) is 14.0. The lowest BCUT2D eigenvalue weighted by Crippen LogP contribution is -2.43. The number of hydrogen-bond acceptors (Lipinski definition) is 4. The summed E-state index contributed by atoms with van der Waals surface area (Å²) in [6.07, 6.45) is 1.69. The highest BCUT2D eigenvalue weighted by molar-refractivity contribution is 5.96. The SMILES string of the molecule is NNC(=O)C1CCC(CN2CCc3ccccc3C2=O)O1. The molecule has 3 rings (SSSR count). The molecule has 6 nitrogen and oxygen atoms in total. The smallest absolute Gasteiger partial charge is 0.263 e. The molecule has 0 saturated carbocycles. The Kier molecular flexibility index (Phi) is 3.90. The van der Waals surface area contributed by atoms with E-state index in [0.717, 1.165) is 24.0 Å². The predicted molar refractivity (Wildman–Crippen MR) is 76.3 cm³/mol. The summed E-state index contributed by atoms with van der Waals surface area (Å²) in [6, 6.07) is 7.70. The van der Waals surface area contributed by atoms with E-state index in [1.54, 1.807) is 0 Å². The zero-order valence-electron chi connectivity index (χ0n) is 11.7. The van der Waals surface area contributed by atoms with Gasteiger partial charge in [-0.05, 0) is 30.9 Å². The van der Waals surface area contributed by atoms with Gasteiger partial charge >= 0.3 is 0 Å². The lowest BCUT2D eigenvalue weighted by molar-refractivity contribution is -0.132. The summed E-state index contributed by atoms with van der Waals surface area (Å²) in [5, 5.41) is 0. The molecule has 2 aliphatic rings. The van der Waals surface area contributed by atoms with E-state index in [2.05, 4.69) is 5.43 Å². The fraction of sp³-hybridized carbons (Fsp3) is 0.467. The maximum atomic E-state index is 12.4. The van der Waals surface area contributed by atoms with Gasteiger partial charge in [-0.25, -0.2) is 5.84 Å². The molecule has 0 aromatic heterocycles. The van der Waals surface area contributed by atoms with Gasteiger partial charge in [-0.1, -0.05) is 18.2 Å². The van der Waals surface area contributed by atoms with Gasteiger partial charge in [0.05, 0.1) is 6.10 Å². The molecule has 0 aliphatic carbocycles. The topological polar surface area (TPSA) is 84.7 Å². The van der Waals surface area contributed by atoms with Crippen molar-refractivity contribution in [2.45, 2.75) is 31.5 Å². The van der Waals surface area contributed by atoms with Crippen LogP contribution in [0.25, 0.3) is 0 Å². The third-order valence-corrected chi connectivity index (χ3v) is 4.15. The second kappa shape index (κ2) is 5.83. The minimum atomic E-state index is -0.493. The van der Waals surface area contributed by atoms with Crippen LogP contribution in [0.3, 0.4) is 0 Å². The van der Waals surface area contributed by atoms with Crippen molar-refractivity contribution >= 4 is 11.8 Å². The predicted octanol–water partition coefficient (Wildman–Crippen LogP) is 0.222. The molecule has 2 atom stereocenters. The van der Waals surface area contributed by atoms with Gasteiger partial charge < -0.3 is 9.64 Å². The van der Waals surface area contributed by atoms with Crippen LogP contribution in [0.5, 0.6) is 0 Å². The zero-order valence-corrected chi connectivity index (χ0v) is 11.7. The Bertz CT molecular complexity index is 561. The van der Waals surface area contributed by atoms with E-state index < -0.39 is 6.10 Å². The van der Waals surface area contributed by atoms with Crippen molar-refractivity contribution in [1.82, 2.24) is 10.3 Å². The summed E-state index contributed by atoms with van der Waals surface area (Å²) in [7, 11) is 0. The molecule has 2 heterocycles. The van der Waals surface area contributed by atoms with Crippen LogP contribution in [-0.2, 0) is 16.0 Å². The number of fused-ring (bicyclic) bond motifs is 1. The Hall–Kier alpha value is -1.92. The molecule has 112 valence electrons. The van der Waals surface area contributed by atoms with Crippen LogP contribution in [-0.4, -0.2) is 42.0 Å². The third-order valence-electron chi connectivity index (χ3n) is 4.15. The number of hydrazine groups is 1. The molecule has 2 aliphatic heterocycles. The molecule has 0 spiro atoms. The highest BCUT2D eigenvalue weighted by Gasteiger charge is 2.33. The molecule has 2 amide bonds. The molecule has 6 heteroatoms. The average molecular weight is 289 g/mol. The molecule has 2 unspecified atom stereocenters. The maximum Gasteiger partial charge on any atom is 0.263 e. The fourth-order valence-electron chi connectivity index (χ4n) is 3.02. The summed E-state index contributed by atoms with van der Waals surface area (Å²) in [6.45, 7) is 1.23. The van der Waals surface area contributed by atoms with E-state index in [-0.39, 0.29) is 17.9 Å². The first-order chi connectivity index (χ1) is 10.2. The minimum Gasteiger partial charge on any atom is -0.363 e. The second-order valence-corrected chi connectivity index (χ2v) is 5.49. The van der Waals surface area contributed by atoms with Crippen LogP contribution in [0.15, 0.2) is 24.3 Å². The number of nitrogens with two attached hydrogens (primary N) is 1. The molecular formula is C15H19N3O3. The van der Waals surface area contributed by atoms with Gasteiger partial charge in [-0.15, -0.1) is 0 Å². The van der Waals surface area contributed by atoms with Crippen LogP contribution in [0, 0.1) is 0 Å². The lowest BCUT2D eigenvalue weighted by atomic mass is 9.99. The van der Waals surface area contributed by atoms with E-state index >= 15 is 0 Å². The number of carbonyl (C=O) groups excluding carboxylic acids is 2. The van der Waals surface area contributed by atoms with Crippen molar-refractivity contribution in [1.29, 1.82) is 0 Å². The van der Waals surface area contributed by atoms with Crippen LogP contribution >= 0.6 is 0 Å². The Labute approximate surface area is 123 Å². The van der Waals surface area contributed by atoms with Crippen LogP contribution < -0.4 is 11.3 Å². The monoisotopic (exact) mass is 289 g/mol. The number of amides is 2. The van der Waals surface area contributed by atoms with Gasteiger partial charge in [-0.2, -0.15) is 0 Å². The Morgan fingerprint density at radius 3 is 3.00 bits per heavy atom. The molecule has 0 bridgehead atoms. The van der Waals surface area contributed by atoms with E-state index in [0.29, 0.717) is 19.5 Å². The first-order valence-corrected chi connectivity index (χ1v) is 7.22. The van der Waals surface area contributed by atoms with E-state index in [9.17, 15) is 9.59 Å². The van der Waals surface area contributed by atoms with Gasteiger partial charge in [0.2, 0.25) is 0 Å². The molecule has 1 fully saturated rings. The Balaban J connectivity index is 1.63. The summed E-state index contributed by atoms with van der Waals surface area (Å²) in [5.74, 6) is 4.86. The summed E-state index contributed by atoms with van der Waals surface area (Å²) < 4.78 is 5.67. The quantitative estimate of drug-likeness (QED) is 0.474. The number of nitrogens with one attached hydrogen (secondary N) is 1. The standard InChI is InChI=1S/C15H19N3O3/c16-17-14(19)13-6-5-11(21-13)9-18-8-7-10-3-1-2-4-12(10)15(18)20/h1-4,11,13H,5-9,16H2,(H,17,19). The average Bonchev–Trinajstić information content (AvgIpc) is 2.98. The van der Waals surface area contributed by atoms with Crippen molar-refractivity contribution in [2.24, 2.45) is 5.84 Å². The second-order valence-electron chi connectivity index (χ2n) is 5.49. The normalized spacial score (nSPS) is 24.8.